The predicted molar refractivity (Wildman–Crippen MR) is 133 cm³/mol. The van der Waals surface area contributed by atoms with E-state index in [0.717, 1.165) is 19.4 Å². The van der Waals surface area contributed by atoms with Gasteiger partial charge < -0.3 is 5.11 Å². The Balaban J connectivity index is 1.42. The third kappa shape index (κ3) is 4.29. The molecule has 1 N–H and O–H groups in total. The molecule has 0 radical (unpaired) electrons. The minimum absolute atomic E-state index is 0.0317. The van der Waals surface area contributed by atoms with Crippen LogP contribution in [0, 0.1) is 6.92 Å². The highest BCUT2D eigenvalue weighted by Crippen LogP contribution is 2.43. The SMILES string of the molecule is Cc1cccc(-c2ccc([C@H]3[C@@H](CO)N4CCCCN(S(=O)(=O)c5cccs5)C[C@@H]34)cc2)c1. The van der Waals surface area contributed by atoms with Crippen LogP contribution in [0.15, 0.2) is 70.3 Å². The van der Waals surface area contributed by atoms with E-state index < -0.39 is 10.0 Å². The molecule has 5 rings (SSSR count). The maximum atomic E-state index is 13.3. The molecule has 0 bridgehead atoms. The number of nitrogens with zero attached hydrogens (tertiary/aromatic N) is 2. The van der Waals surface area contributed by atoms with Gasteiger partial charge in [-0.1, -0.05) is 60.2 Å². The molecule has 0 amide bonds. The van der Waals surface area contributed by atoms with Crippen LogP contribution in [-0.2, 0) is 10.0 Å². The highest BCUT2D eigenvalue weighted by Gasteiger charge is 2.50. The molecule has 2 saturated heterocycles. The van der Waals surface area contributed by atoms with E-state index in [1.165, 1.54) is 33.6 Å². The molecule has 5 nitrogen and oxygen atoms in total. The highest BCUT2D eigenvalue weighted by atomic mass is 32.2. The van der Waals surface area contributed by atoms with Gasteiger partial charge in [0.2, 0.25) is 0 Å². The number of hydrogen-bond acceptors (Lipinski definition) is 5. The van der Waals surface area contributed by atoms with Crippen LogP contribution in [0.2, 0.25) is 0 Å². The van der Waals surface area contributed by atoms with E-state index in [-0.39, 0.29) is 24.6 Å². The molecule has 33 heavy (non-hydrogen) atoms. The lowest BCUT2D eigenvalue weighted by Crippen LogP contribution is -2.67. The zero-order chi connectivity index (χ0) is 23.0. The summed E-state index contributed by atoms with van der Waals surface area (Å²) in [6.45, 7) is 4.09. The average Bonchev–Trinajstić information content (AvgIpc) is 3.34. The van der Waals surface area contributed by atoms with E-state index in [4.69, 9.17) is 0 Å². The van der Waals surface area contributed by atoms with Gasteiger partial charge in [0.15, 0.2) is 0 Å². The molecule has 2 aliphatic rings. The first kappa shape index (κ1) is 22.7. The van der Waals surface area contributed by atoms with Gasteiger partial charge in [-0.25, -0.2) is 8.42 Å². The zero-order valence-corrected chi connectivity index (χ0v) is 20.4. The minimum Gasteiger partial charge on any atom is -0.395 e. The first-order chi connectivity index (χ1) is 16.0. The number of aliphatic hydroxyl groups is 1. The summed E-state index contributed by atoms with van der Waals surface area (Å²) >= 11 is 1.28. The summed E-state index contributed by atoms with van der Waals surface area (Å²) in [5.74, 6) is 0.112. The van der Waals surface area contributed by atoms with E-state index in [9.17, 15) is 13.5 Å². The molecule has 2 fully saturated rings. The summed E-state index contributed by atoms with van der Waals surface area (Å²) in [5, 5.41) is 12.0. The average molecular weight is 483 g/mol. The fraction of sp³-hybridized carbons (Fsp3) is 0.385. The lowest BCUT2D eigenvalue weighted by Gasteiger charge is -2.57. The Morgan fingerprint density at radius 2 is 1.79 bits per heavy atom. The van der Waals surface area contributed by atoms with Crippen LogP contribution in [0.4, 0.5) is 0 Å². The van der Waals surface area contributed by atoms with Crippen LogP contribution in [0.25, 0.3) is 11.1 Å². The lowest BCUT2D eigenvalue weighted by molar-refractivity contribution is -0.0553. The number of aryl methyl sites for hydroxylation is 1. The predicted octanol–water partition coefficient (Wildman–Crippen LogP) is 4.34. The lowest BCUT2D eigenvalue weighted by atomic mass is 9.74. The van der Waals surface area contributed by atoms with Crippen molar-refractivity contribution < 1.29 is 13.5 Å². The molecule has 0 aliphatic carbocycles. The Kier molecular flexibility index (Phi) is 6.42. The van der Waals surface area contributed by atoms with Crippen molar-refractivity contribution in [3.63, 3.8) is 0 Å². The van der Waals surface area contributed by atoms with Crippen molar-refractivity contribution in [1.29, 1.82) is 0 Å². The second kappa shape index (κ2) is 9.31. The van der Waals surface area contributed by atoms with Crippen molar-refractivity contribution in [2.24, 2.45) is 0 Å². The molecule has 174 valence electrons. The fourth-order valence-electron chi connectivity index (χ4n) is 5.39. The number of hydrogen-bond donors (Lipinski definition) is 1. The Morgan fingerprint density at radius 1 is 1.00 bits per heavy atom. The maximum Gasteiger partial charge on any atom is 0.252 e. The van der Waals surface area contributed by atoms with Crippen molar-refractivity contribution >= 4 is 21.4 Å². The van der Waals surface area contributed by atoms with Crippen LogP contribution in [0.1, 0.15) is 29.9 Å². The van der Waals surface area contributed by atoms with E-state index in [2.05, 4.69) is 60.4 Å². The summed E-state index contributed by atoms with van der Waals surface area (Å²) in [5.41, 5.74) is 4.75. The van der Waals surface area contributed by atoms with Crippen molar-refractivity contribution in [1.82, 2.24) is 9.21 Å². The molecule has 0 saturated carbocycles. The van der Waals surface area contributed by atoms with Crippen molar-refractivity contribution in [3.05, 3.63) is 77.2 Å². The molecule has 2 aliphatic heterocycles. The van der Waals surface area contributed by atoms with Gasteiger partial charge in [-0.3, -0.25) is 4.90 Å². The molecule has 7 heteroatoms. The number of aliphatic hydroxyl groups excluding tert-OH is 1. The third-order valence-corrected chi connectivity index (χ3v) is 10.3. The Hall–Kier alpha value is -2.03. The van der Waals surface area contributed by atoms with Crippen LogP contribution in [0.5, 0.6) is 0 Å². The van der Waals surface area contributed by atoms with Crippen LogP contribution in [0.3, 0.4) is 0 Å². The molecular weight excluding hydrogens is 452 g/mol. The summed E-state index contributed by atoms with van der Waals surface area (Å²) < 4.78 is 28.6. The van der Waals surface area contributed by atoms with Crippen LogP contribution < -0.4 is 0 Å². The standard InChI is InChI=1S/C26H30N2O3S2/c1-19-6-4-7-22(16-19)20-9-11-21(12-10-20)26-23-17-27(33(30,31)25-8-5-15-32-25)13-2-3-14-28(23)24(26)18-29/h4-12,15-16,23-24,26,29H,2-3,13-14,17-18H2,1H3/t23-,24+,26+/m0/s1. The zero-order valence-electron chi connectivity index (χ0n) is 18.8. The van der Waals surface area contributed by atoms with Crippen LogP contribution >= 0.6 is 11.3 Å². The summed E-state index contributed by atoms with van der Waals surface area (Å²) in [6.07, 6.45) is 1.77. The molecular formula is C26H30N2O3S2. The molecule has 3 heterocycles. The maximum absolute atomic E-state index is 13.3. The van der Waals surface area contributed by atoms with Gasteiger partial charge >= 0.3 is 0 Å². The van der Waals surface area contributed by atoms with Gasteiger partial charge in [0.25, 0.3) is 10.0 Å². The monoisotopic (exact) mass is 482 g/mol. The third-order valence-electron chi connectivity index (χ3n) is 7.07. The Morgan fingerprint density at radius 3 is 2.48 bits per heavy atom. The van der Waals surface area contributed by atoms with Crippen molar-refractivity contribution in [2.75, 3.05) is 26.2 Å². The largest absolute Gasteiger partial charge is 0.395 e. The highest BCUT2D eigenvalue weighted by molar-refractivity contribution is 7.91. The van der Waals surface area contributed by atoms with Crippen LogP contribution in [-0.4, -0.2) is 61.1 Å². The fourth-order valence-corrected chi connectivity index (χ4v) is 8.03. The van der Waals surface area contributed by atoms with Gasteiger partial charge in [-0.05, 0) is 54.4 Å². The summed E-state index contributed by atoms with van der Waals surface area (Å²) in [4.78, 5) is 2.31. The molecule has 3 aromatic rings. The molecule has 3 atom stereocenters. The van der Waals surface area contributed by atoms with Gasteiger partial charge in [0.1, 0.15) is 4.21 Å². The van der Waals surface area contributed by atoms with E-state index in [1.807, 2.05) is 5.38 Å². The summed E-state index contributed by atoms with van der Waals surface area (Å²) in [7, 11) is -3.49. The number of sulfonamides is 1. The van der Waals surface area contributed by atoms with Gasteiger partial charge in [0, 0.05) is 31.1 Å². The topological polar surface area (TPSA) is 60.9 Å². The number of thiophene rings is 1. The quantitative estimate of drug-likeness (QED) is 0.588. The van der Waals surface area contributed by atoms with Gasteiger partial charge in [-0.15, -0.1) is 11.3 Å². The Bertz CT molecular complexity index is 1190. The second-order valence-electron chi connectivity index (χ2n) is 9.07. The van der Waals surface area contributed by atoms with Crippen molar-refractivity contribution in [3.8, 4) is 11.1 Å². The number of fused-ring (bicyclic) bond motifs is 1. The number of rotatable bonds is 5. The second-order valence-corrected chi connectivity index (χ2v) is 12.2. The Labute approximate surface area is 200 Å². The normalized spacial score (nSPS) is 24.5. The van der Waals surface area contributed by atoms with E-state index in [1.54, 1.807) is 16.4 Å². The minimum atomic E-state index is -3.49. The van der Waals surface area contributed by atoms with Gasteiger partial charge in [0.05, 0.1) is 6.61 Å². The van der Waals surface area contributed by atoms with E-state index >= 15 is 0 Å². The molecule has 1 aromatic heterocycles. The first-order valence-electron chi connectivity index (χ1n) is 11.6. The number of benzene rings is 2. The first-order valence-corrected chi connectivity index (χ1v) is 13.9. The summed E-state index contributed by atoms with van der Waals surface area (Å²) in [6, 6.07) is 20.6. The van der Waals surface area contributed by atoms with E-state index in [0.29, 0.717) is 17.3 Å². The smallest absolute Gasteiger partial charge is 0.252 e. The molecule has 2 aromatic carbocycles. The molecule has 0 spiro atoms. The molecule has 0 unspecified atom stereocenters. The van der Waals surface area contributed by atoms with Gasteiger partial charge in [-0.2, -0.15) is 4.31 Å². The van der Waals surface area contributed by atoms with Crippen molar-refractivity contribution in [2.45, 2.75) is 42.0 Å².